The topological polar surface area (TPSA) is 68.3 Å². The van der Waals surface area contributed by atoms with Gasteiger partial charge in [-0.25, -0.2) is 9.78 Å². The van der Waals surface area contributed by atoms with Crippen molar-refractivity contribution in [2.45, 2.75) is 26.2 Å². The van der Waals surface area contributed by atoms with Crippen molar-refractivity contribution in [2.24, 2.45) is 0 Å². The number of nitrogens with one attached hydrogen (secondary N) is 1. The molecule has 1 N–H and O–H groups in total. The number of para-hydroxylation sites is 1. The number of hydrogen-bond acceptors (Lipinski definition) is 4. The molecule has 0 saturated heterocycles. The number of pyridine rings is 1. The molecule has 0 radical (unpaired) electrons. The first-order valence-electron chi connectivity index (χ1n) is 10.3. The van der Waals surface area contributed by atoms with Gasteiger partial charge in [0.15, 0.2) is 6.61 Å². The molecule has 1 aliphatic carbocycles. The Morgan fingerprint density at radius 1 is 1.07 bits per heavy atom. The van der Waals surface area contributed by atoms with Crippen molar-refractivity contribution < 1.29 is 14.3 Å². The Morgan fingerprint density at radius 2 is 1.83 bits per heavy atom. The zero-order valence-electron chi connectivity index (χ0n) is 17.0. The highest BCUT2D eigenvalue weighted by molar-refractivity contribution is 6.07. The van der Waals surface area contributed by atoms with E-state index >= 15 is 0 Å². The summed E-state index contributed by atoms with van der Waals surface area (Å²) in [4.78, 5) is 29.7. The molecule has 2 aromatic carbocycles. The van der Waals surface area contributed by atoms with Crippen LogP contribution in [0.5, 0.6) is 0 Å². The Morgan fingerprint density at radius 3 is 2.63 bits per heavy atom. The number of fused-ring (bicyclic) bond motifs is 2. The molecule has 3 aromatic rings. The quantitative estimate of drug-likeness (QED) is 0.623. The third-order valence-electron chi connectivity index (χ3n) is 5.19. The second-order valence-corrected chi connectivity index (χ2v) is 7.34. The van der Waals surface area contributed by atoms with E-state index < -0.39 is 5.97 Å². The lowest BCUT2D eigenvalue weighted by Gasteiger charge is -2.12. The molecule has 1 heterocycles. The van der Waals surface area contributed by atoms with Crippen LogP contribution in [0.1, 0.15) is 46.9 Å². The van der Waals surface area contributed by atoms with E-state index in [0.717, 1.165) is 52.6 Å². The van der Waals surface area contributed by atoms with Crippen LogP contribution in [0, 0.1) is 0 Å². The van der Waals surface area contributed by atoms with E-state index in [0.29, 0.717) is 12.1 Å². The normalized spacial score (nSPS) is 14.0. The third kappa shape index (κ3) is 4.10. The van der Waals surface area contributed by atoms with Crippen molar-refractivity contribution in [3.05, 3.63) is 77.0 Å². The molecule has 152 valence electrons. The Kier molecular flexibility index (Phi) is 5.89. The number of carbonyl (C=O) groups is 2. The number of rotatable bonds is 6. The minimum absolute atomic E-state index is 0.281. The lowest BCUT2D eigenvalue weighted by Crippen LogP contribution is -2.29. The van der Waals surface area contributed by atoms with Crippen molar-refractivity contribution in [1.29, 1.82) is 0 Å². The van der Waals surface area contributed by atoms with Crippen LogP contribution >= 0.6 is 0 Å². The smallest absolute Gasteiger partial charge is 0.339 e. The third-order valence-corrected chi connectivity index (χ3v) is 5.19. The van der Waals surface area contributed by atoms with E-state index in [4.69, 9.17) is 9.72 Å². The van der Waals surface area contributed by atoms with E-state index in [2.05, 4.69) is 23.5 Å². The van der Waals surface area contributed by atoms with Crippen molar-refractivity contribution >= 4 is 34.4 Å². The number of hydrogen-bond donors (Lipinski definition) is 1. The Bertz CT molecular complexity index is 1120. The van der Waals surface area contributed by atoms with Crippen molar-refractivity contribution in [2.75, 3.05) is 13.2 Å². The van der Waals surface area contributed by atoms with Gasteiger partial charge in [0.25, 0.3) is 5.91 Å². The number of allylic oxidation sites excluding steroid dienone is 1. The highest BCUT2D eigenvalue weighted by Gasteiger charge is 2.27. The molecule has 0 fully saturated rings. The molecule has 0 bridgehead atoms. The number of benzene rings is 2. The molecule has 4 rings (SSSR count). The van der Waals surface area contributed by atoms with Crippen molar-refractivity contribution in [3.8, 4) is 0 Å². The number of carbonyl (C=O) groups excluding carboxylic acids is 2. The summed E-state index contributed by atoms with van der Waals surface area (Å²) in [7, 11) is 0. The van der Waals surface area contributed by atoms with Crippen LogP contribution in [0.25, 0.3) is 22.6 Å². The summed E-state index contributed by atoms with van der Waals surface area (Å²) < 4.78 is 5.38. The number of aromatic nitrogens is 1. The fourth-order valence-electron chi connectivity index (χ4n) is 3.78. The molecular weight excluding hydrogens is 376 g/mol. The zero-order valence-corrected chi connectivity index (χ0v) is 17.0. The van der Waals surface area contributed by atoms with E-state index in [9.17, 15) is 9.59 Å². The summed E-state index contributed by atoms with van der Waals surface area (Å²) in [6.45, 7) is 2.26. The maximum absolute atomic E-state index is 13.0. The minimum Gasteiger partial charge on any atom is -0.452 e. The summed E-state index contributed by atoms with van der Waals surface area (Å²) in [5, 5.41) is 3.49. The van der Waals surface area contributed by atoms with Crippen LogP contribution in [0.3, 0.4) is 0 Å². The van der Waals surface area contributed by atoms with E-state index in [1.807, 2.05) is 49.4 Å². The fourth-order valence-corrected chi connectivity index (χ4v) is 3.78. The van der Waals surface area contributed by atoms with Gasteiger partial charge >= 0.3 is 5.97 Å². The first-order chi connectivity index (χ1) is 14.7. The van der Waals surface area contributed by atoms with Gasteiger partial charge in [0.2, 0.25) is 0 Å². The van der Waals surface area contributed by atoms with Gasteiger partial charge in [0, 0.05) is 11.9 Å². The second-order valence-electron chi connectivity index (χ2n) is 7.34. The summed E-state index contributed by atoms with van der Waals surface area (Å²) in [5.74, 6) is -0.762. The van der Waals surface area contributed by atoms with E-state index in [1.165, 1.54) is 0 Å². The first kappa shape index (κ1) is 19.8. The molecular formula is C25H24N2O3. The Hall–Kier alpha value is -3.47. The number of nitrogens with zero attached hydrogens (tertiary/aromatic N) is 1. The van der Waals surface area contributed by atoms with Gasteiger partial charge in [-0.15, -0.1) is 0 Å². The predicted octanol–water partition coefficient (Wildman–Crippen LogP) is 4.40. The minimum atomic E-state index is -0.475. The molecule has 0 saturated carbocycles. The molecule has 1 aliphatic rings. The van der Waals surface area contributed by atoms with Crippen LogP contribution < -0.4 is 5.32 Å². The van der Waals surface area contributed by atoms with Gasteiger partial charge in [-0.1, -0.05) is 55.5 Å². The van der Waals surface area contributed by atoms with Crippen LogP contribution in [-0.2, 0) is 16.0 Å². The molecule has 5 heteroatoms. The Balaban J connectivity index is 1.71. The van der Waals surface area contributed by atoms with Crippen LogP contribution in [0.4, 0.5) is 0 Å². The maximum Gasteiger partial charge on any atom is 0.339 e. The van der Waals surface area contributed by atoms with Gasteiger partial charge in [0.1, 0.15) is 0 Å². The molecule has 30 heavy (non-hydrogen) atoms. The number of esters is 1. The summed E-state index contributed by atoms with van der Waals surface area (Å²) in [5.41, 5.74) is 5.23. The summed E-state index contributed by atoms with van der Waals surface area (Å²) in [6.07, 6.45) is 4.49. The molecule has 0 spiro atoms. The molecule has 0 atom stereocenters. The largest absolute Gasteiger partial charge is 0.452 e. The van der Waals surface area contributed by atoms with Crippen LogP contribution in [0.2, 0.25) is 0 Å². The average molecular weight is 400 g/mol. The summed E-state index contributed by atoms with van der Waals surface area (Å²) >= 11 is 0. The zero-order chi connectivity index (χ0) is 20.9. The number of ether oxygens (including phenoxy) is 1. The van der Waals surface area contributed by atoms with Crippen molar-refractivity contribution in [1.82, 2.24) is 10.3 Å². The SMILES string of the molecule is CCCNC(=O)COC(=O)c1c2c(nc3ccccc13)C(=Cc1ccccc1)CC2. The monoisotopic (exact) mass is 400 g/mol. The van der Waals surface area contributed by atoms with Crippen molar-refractivity contribution in [3.63, 3.8) is 0 Å². The summed E-state index contributed by atoms with van der Waals surface area (Å²) in [6, 6.07) is 17.7. The second kappa shape index (κ2) is 8.91. The standard InChI is InChI=1S/C25H24N2O3/c1-2-14-26-22(28)16-30-25(29)23-19-10-6-7-11-21(19)27-24-18(12-13-20(23)24)15-17-8-4-3-5-9-17/h3-11,15H,2,12-14,16H2,1H3,(H,26,28). The van der Waals surface area contributed by atoms with Gasteiger partial charge in [0.05, 0.1) is 16.8 Å². The molecule has 5 nitrogen and oxygen atoms in total. The van der Waals surface area contributed by atoms with E-state index in [-0.39, 0.29) is 12.5 Å². The maximum atomic E-state index is 13.0. The van der Waals surface area contributed by atoms with Gasteiger partial charge in [-0.05, 0) is 48.1 Å². The first-order valence-corrected chi connectivity index (χ1v) is 10.3. The number of amides is 1. The van der Waals surface area contributed by atoms with Gasteiger partial charge in [-0.2, -0.15) is 0 Å². The van der Waals surface area contributed by atoms with Crippen LogP contribution in [0.15, 0.2) is 54.6 Å². The van der Waals surface area contributed by atoms with Gasteiger partial charge < -0.3 is 10.1 Å². The average Bonchev–Trinajstić information content (AvgIpc) is 3.17. The van der Waals surface area contributed by atoms with Gasteiger partial charge in [-0.3, -0.25) is 4.79 Å². The highest BCUT2D eigenvalue weighted by atomic mass is 16.5. The Labute approximate surface area is 175 Å². The molecule has 1 aromatic heterocycles. The molecule has 0 unspecified atom stereocenters. The predicted molar refractivity (Wildman–Crippen MR) is 118 cm³/mol. The fraction of sp³-hybridized carbons (Fsp3) is 0.240. The van der Waals surface area contributed by atoms with E-state index in [1.54, 1.807) is 0 Å². The lowest BCUT2D eigenvalue weighted by atomic mass is 10.0. The van der Waals surface area contributed by atoms with Crippen LogP contribution in [-0.4, -0.2) is 30.0 Å². The molecule has 1 amide bonds. The highest BCUT2D eigenvalue weighted by Crippen LogP contribution is 2.37. The molecule has 0 aliphatic heterocycles. The lowest BCUT2D eigenvalue weighted by molar-refractivity contribution is -0.124.